The smallest absolute Gasteiger partial charge is 0.326 e. The molecular weight excluding hydrogens is 558 g/mol. The third-order valence-corrected chi connectivity index (χ3v) is 9.96. The molecule has 5 rings (SSSR count). The Morgan fingerprint density at radius 2 is 1.64 bits per heavy atom. The molecule has 0 bridgehead atoms. The SMILES string of the molecule is CCOC(=O)Cn1c2c(sc1=O)C(c1ccc(N(CC)CC)cc1)C1C(=O)N(c3ccc(Cl)cc3)C(=O)C1S2. The molecule has 2 amide bonds. The number of halogens is 1. The lowest BCUT2D eigenvalue weighted by atomic mass is 9.83. The normalized spacial score (nSPS) is 20.1. The highest BCUT2D eigenvalue weighted by atomic mass is 35.5. The second-order valence-corrected chi connectivity index (χ2v) is 11.8. The fourth-order valence-corrected chi connectivity index (χ4v) is 8.18. The van der Waals surface area contributed by atoms with Gasteiger partial charge in [0.25, 0.3) is 0 Å². The first-order valence-electron chi connectivity index (χ1n) is 12.8. The Morgan fingerprint density at radius 3 is 2.26 bits per heavy atom. The van der Waals surface area contributed by atoms with E-state index < -0.39 is 23.1 Å². The van der Waals surface area contributed by atoms with Gasteiger partial charge in [0.05, 0.1) is 23.2 Å². The monoisotopic (exact) mass is 585 g/mol. The number of benzene rings is 2. The van der Waals surface area contributed by atoms with Crippen LogP contribution in [0.4, 0.5) is 11.4 Å². The Labute approximate surface area is 239 Å². The van der Waals surface area contributed by atoms with E-state index in [9.17, 15) is 19.2 Å². The number of anilines is 2. The van der Waals surface area contributed by atoms with E-state index >= 15 is 0 Å². The number of thioether (sulfide) groups is 1. The number of esters is 1. The van der Waals surface area contributed by atoms with Crippen LogP contribution in [0.1, 0.15) is 37.1 Å². The van der Waals surface area contributed by atoms with Crippen molar-refractivity contribution in [2.75, 3.05) is 29.5 Å². The minimum absolute atomic E-state index is 0.197. The van der Waals surface area contributed by atoms with E-state index in [0.717, 1.165) is 35.7 Å². The summed E-state index contributed by atoms with van der Waals surface area (Å²) < 4.78 is 6.46. The zero-order chi connectivity index (χ0) is 27.8. The molecule has 2 aliphatic heterocycles. The molecule has 8 nitrogen and oxygen atoms in total. The molecule has 1 saturated heterocycles. The van der Waals surface area contributed by atoms with E-state index in [1.807, 2.05) is 24.3 Å². The molecule has 2 aliphatic rings. The van der Waals surface area contributed by atoms with Crippen LogP contribution < -0.4 is 14.7 Å². The summed E-state index contributed by atoms with van der Waals surface area (Å²) in [5.74, 6) is -2.43. The molecule has 39 heavy (non-hydrogen) atoms. The number of amides is 2. The number of thiazole rings is 1. The van der Waals surface area contributed by atoms with Crippen LogP contribution in [0.2, 0.25) is 5.02 Å². The van der Waals surface area contributed by atoms with Crippen LogP contribution in [0.3, 0.4) is 0 Å². The predicted molar refractivity (Wildman–Crippen MR) is 154 cm³/mol. The summed E-state index contributed by atoms with van der Waals surface area (Å²) in [6, 6.07) is 14.6. The zero-order valence-corrected chi connectivity index (χ0v) is 24.1. The number of carbonyl (C=O) groups is 3. The lowest BCUT2D eigenvalue weighted by Crippen LogP contribution is -2.32. The van der Waals surface area contributed by atoms with Crippen molar-refractivity contribution in [1.82, 2.24) is 4.57 Å². The summed E-state index contributed by atoms with van der Waals surface area (Å²) in [6.07, 6.45) is 0. The van der Waals surface area contributed by atoms with Crippen molar-refractivity contribution in [3.05, 3.63) is 73.7 Å². The number of ether oxygens (including phenoxy) is 1. The molecule has 3 atom stereocenters. The molecule has 0 aliphatic carbocycles. The molecule has 0 saturated carbocycles. The van der Waals surface area contributed by atoms with Gasteiger partial charge in [0.2, 0.25) is 11.8 Å². The summed E-state index contributed by atoms with van der Waals surface area (Å²) in [6.45, 7) is 7.53. The number of aromatic nitrogens is 1. The number of hydrogen-bond acceptors (Lipinski definition) is 8. The first-order chi connectivity index (χ1) is 18.8. The number of fused-ring (bicyclic) bond motifs is 2. The molecule has 1 aromatic heterocycles. The molecule has 3 aromatic rings. The first kappa shape index (κ1) is 27.5. The molecule has 2 aromatic carbocycles. The third kappa shape index (κ3) is 4.90. The molecular formula is C28H28ClN3O5S2. The van der Waals surface area contributed by atoms with E-state index in [1.54, 1.807) is 31.2 Å². The molecule has 3 unspecified atom stereocenters. The summed E-state index contributed by atoms with van der Waals surface area (Å²) >= 11 is 8.25. The van der Waals surface area contributed by atoms with E-state index in [2.05, 4.69) is 18.7 Å². The highest BCUT2D eigenvalue weighted by molar-refractivity contribution is 8.00. The van der Waals surface area contributed by atoms with Crippen molar-refractivity contribution in [2.45, 2.75) is 43.5 Å². The molecule has 204 valence electrons. The van der Waals surface area contributed by atoms with Gasteiger partial charge in [-0.1, -0.05) is 46.8 Å². The fourth-order valence-electron chi connectivity index (χ4n) is 5.28. The number of hydrogen-bond donors (Lipinski definition) is 0. The van der Waals surface area contributed by atoms with E-state index in [1.165, 1.54) is 21.2 Å². The fraction of sp³-hybridized carbons (Fsp3) is 0.357. The van der Waals surface area contributed by atoms with Crippen LogP contribution >= 0.6 is 34.7 Å². The molecule has 1 fully saturated rings. The highest BCUT2D eigenvalue weighted by Crippen LogP contribution is 2.54. The molecule has 0 N–H and O–H groups in total. The minimum Gasteiger partial charge on any atom is -0.465 e. The van der Waals surface area contributed by atoms with Gasteiger partial charge in [0.15, 0.2) is 0 Å². The number of imide groups is 1. The van der Waals surface area contributed by atoms with Gasteiger partial charge >= 0.3 is 10.8 Å². The maximum atomic E-state index is 13.9. The molecule has 0 radical (unpaired) electrons. The lowest BCUT2D eigenvalue weighted by molar-refractivity contribution is -0.144. The lowest BCUT2D eigenvalue weighted by Gasteiger charge is -2.31. The van der Waals surface area contributed by atoms with Crippen LogP contribution in [-0.2, 0) is 25.7 Å². The Kier molecular flexibility index (Phi) is 7.89. The quantitative estimate of drug-likeness (QED) is 0.278. The standard InChI is InChI=1S/C28H28ClN3O5S2/c1-4-30(5-2)18-11-7-16(8-12-18)21-22-23(26(35)32(25(22)34)19-13-9-17(29)10-14-19)38-27-24(21)39-28(36)31(27)15-20(33)37-6-3/h7-14,21-23H,4-6,15H2,1-3H3. The maximum Gasteiger partial charge on any atom is 0.326 e. The van der Waals surface area contributed by atoms with Gasteiger partial charge < -0.3 is 9.64 Å². The van der Waals surface area contributed by atoms with Crippen LogP contribution in [0, 0.1) is 5.92 Å². The van der Waals surface area contributed by atoms with Gasteiger partial charge in [0.1, 0.15) is 11.8 Å². The van der Waals surface area contributed by atoms with Crippen LogP contribution in [0.15, 0.2) is 58.4 Å². The van der Waals surface area contributed by atoms with Crippen molar-refractivity contribution >= 4 is 63.9 Å². The van der Waals surface area contributed by atoms with Crippen molar-refractivity contribution in [2.24, 2.45) is 5.92 Å². The number of nitrogens with zero attached hydrogens (tertiary/aromatic N) is 3. The number of carbonyl (C=O) groups excluding carboxylic acids is 3. The highest BCUT2D eigenvalue weighted by Gasteiger charge is 2.56. The third-order valence-electron chi connectivity index (χ3n) is 7.11. The molecule has 0 spiro atoms. The average molecular weight is 586 g/mol. The van der Waals surface area contributed by atoms with Gasteiger partial charge in [-0.3, -0.25) is 23.7 Å². The Bertz CT molecular complexity index is 1460. The Morgan fingerprint density at radius 1 is 0.974 bits per heavy atom. The molecule has 3 heterocycles. The van der Waals surface area contributed by atoms with Crippen molar-refractivity contribution in [3.63, 3.8) is 0 Å². The van der Waals surface area contributed by atoms with E-state index in [0.29, 0.717) is 20.6 Å². The Balaban J connectivity index is 1.62. The summed E-state index contributed by atoms with van der Waals surface area (Å²) in [5, 5.41) is 0.285. The minimum atomic E-state index is -0.754. The van der Waals surface area contributed by atoms with Crippen molar-refractivity contribution < 1.29 is 19.1 Å². The van der Waals surface area contributed by atoms with Gasteiger partial charge in [-0.15, -0.1) is 0 Å². The van der Waals surface area contributed by atoms with Crippen molar-refractivity contribution in [1.29, 1.82) is 0 Å². The van der Waals surface area contributed by atoms with Gasteiger partial charge in [0, 0.05) is 34.6 Å². The largest absolute Gasteiger partial charge is 0.465 e. The molecule has 11 heteroatoms. The maximum absolute atomic E-state index is 13.9. The summed E-state index contributed by atoms with van der Waals surface area (Å²) in [7, 11) is 0. The second-order valence-electron chi connectivity index (χ2n) is 9.22. The first-order valence-corrected chi connectivity index (χ1v) is 14.9. The van der Waals surface area contributed by atoms with Crippen molar-refractivity contribution in [3.8, 4) is 0 Å². The van der Waals surface area contributed by atoms with Gasteiger partial charge in [-0.05, 0) is 62.7 Å². The summed E-state index contributed by atoms with van der Waals surface area (Å²) in [5.41, 5.74) is 2.34. The summed E-state index contributed by atoms with van der Waals surface area (Å²) in [4.78, 5) is 56.9. The van der Waals surface area contributed by atoms with E-state index in [4.69, 9.17) is 16.3 Å². The van der Waals surface area contributed by atoms with Gasteiger partial charge in [-0.25, -0.2) is 4.90 Å². The van der Waals surface area contributed by atoms with Crippen LogP contribution in [-0.4, -0.2) is 47.3 Å². The van der Waals surface area contributed by atoms with E-state index in [-0.39, 0.29) is 29.8 Å². The Hall–Kier alpha value is -3.08. The average Bonchev–Trinajstić information content (AvgIpc) is 3.37. The second kappa shape index (κ2) is 11.2. The predicted octanol–water partition coefficient (Wildman–Crippen LogP) is 4.77. The zero-order valence-electron chi connectivity index (χ0n) is 21.8. The van der Waals surface area contributed by atoms with Gasteiger partial charge in [-0.2, -0.15) is 0 Å². The van der Waals surface area contributed by atoms with Crippen LogP contribution in [0.5, 0.6) is 0 Å². The number of rotatable bonds is 8. The topological polar surface area (TPSA) is 88.9 Å². The van der Waals surface area contributed by atoms with Crippen LogP contribution in [0.25, 0.3) is 0 Å².